The minimum Gasteiger partial charge on any atom is -0.493 e. The van der Waals surface area contributed by atoms with E-state index in [2.05, 4.69) is 20.6 Å². The molecule has 1 aromatic carbocycles. The number of fused-ring (bicyclic) bond motifs is 1. The molecule has 0 saturated heterocycles. The molecule has 1 aliphatic heterocycles. The molecule has 3 heterocycles. The zero-order chi connectivity index (χ0) is 23.5. The van der Waals surface area contributed by atoms with E-state index in [1.54, 1.807) is 32.7 Å². The van der Waals surface area contributed by atoms with Gasteiger partial charge in [0.25, 0.3) is 5.91 Å². The molecule has 2 unspecified atom stereocenters. The highest BCUT2D eigenvalue weighted by molar-refractivity contribution is 6.32. The number of rotatable bonds is 8. The third-order valence-corrected chi connectivity index (χ3v) is 5.85. The molecule has 0 aliphatic carbocycles. The molecule has 2 aromatic heterocycles. The van der Waals surface area contributed by atoms with Crippen LogP contribution < -0.4 is 20.1 Å². The molecule has 1 aliphatic rings. The number of H-pyrrole nitrogens is 1. The highest BCUT2D eigenvalue weighted by atomic mass is 35.5. The summed E-state index contributed by atoms with van der Waals surface area (Å²) in [5.74, 6) is 0.915. The molecule has 4 rings (SSSR count). The van der Waals surface area contributed by atoms with E-state index in [9.17, 15) is 4.79 Å². The first kappa shape index (κ1) is 22.9. The minimum atomic E-state index is -0.153. The number of nitrogens with one attached hydrogen (secondary N) is 3. The molecule has 2 atom stereocenters. The first-order chi connectivity index (χ1) is 15.9. The molecule has 0 spiro atoms. The normalized spacial score (nSPS) is 16.0. The van der Waals surface area contributed by atoms with E-state index in [4.69, 9.17) is 25.8 Å². The number of ether oxygens (including phenoxy) is 3. The summed E-state index contributed by atoms with van der Waals surface area (Å²) < 4.78 is 16.8. The van der Waals surface area contributed by atoms with Crippen molar-refractivity contribution in [3.63, 3.8) is 0 Å². The topological polar surface area (TPSA) is 97.5 Å². The van der Waals surface area contributed by atoms with Gasteiger partial charge in [0.15, 0.2) is 5.75 Å². The number of aromatic nitrogens is 2. The Bertz CT molecular complexity index is 1160. The number of amides is 1. The van der Waals surface area contributed by atoms with E-state index in [0.29, 0.717) is 52.2 Å². The van der Waals surface area contributed by atoms with Crippen molar-refractivity contribution in [2.75, 3.05) is 26.1 Å². The van der Waals surface area contributed by atoms with Gasteiger partial charge in [0.2, 0.25) is 0 Å². The predicted octanol–water partition coefficient (Wildman–Crippen LogP) is 4.57. The Labute approximate surface area is 197 Å². The van der Waals surface area contributed by atoms with Gasteiger partial charge in [0, 0.05) is 37.0 Å². The monoisotopic (exact) mass is 470 g/mol. The molecule has 3 aromatic rings. The highest BCUT2D eigenvalue weighted by Crippen LogP contribution is 2.43. The SMILES string of the molecule is COc1c(Cl)cccc1Nc1c(-c2ccncc2OCC(C)OC)[nH]c2c1C(=O)NC(C)C2. The van der Waals surface area contributed by atoms with Gasteiger partial charge in [0.1, 0.15) is 12.4 Å². The molecule has 0 bridgehead atoms. The number of hydrogen-bond donors (Lipinski definition) is 3. The third-order valence-electron chi connectivity index (χ3n) is 5.55. The number of pyridine rings is 1. The largest absolute Gasteiger partial charge is 0.493 e. The van der Waals surface area contributed by atoms with E-state index in [0.717, 1.165) is 11.3 Å². The number of benzene rings is 1. The smallest absolute Gasteiger partial charge is 0.255 e. The van der Waals surface area contributed by atoms with Crippen LogP contribution in [0.25, 0.3) is 11.3 Å². The molecule has 9 heteroatoms. The first-order valence-corrected chi connectivity index (χ1v) is 11.1. The Morgan fingerprint density at radius 3 is 2.88 bits per heavy atom. The predicted molar refractivity (Wildman–Crippen MR) is 128 cm³/mol. The van der Waals surface area contributed by atoms with E-state index >= 15 is 0 Å². The fourth-order valence-electron chi connectivity index (χ4n) is 3.86. The van der Waals surface area contributed by atoms with Crippen molar-refractivity contribution >= 4 is 28.9 Å². The summed E-state index contributed by atoms with van der Waals surface area (Å²) in [4.78, 5) is 20.7. The van der Waals surface area contributed by atoms with Crippen molar-refractivity contribution in [1.29, 1.82) is 0 Å². The molecular formula is C24H27ClN4O4. The van der Waals surface area contributed by atoms with Gasteiger partial charge in [-0.05, 0) is 32.0 Å². The van der Waals surface area contributed by atoms with E-state index in [-0.39, 0.29) is 18.1 Å². The van der Waals surface area contributed by atoms with Crippen LogP contribution in [0.5, 0.6) is 11.5 Å². The van der Waals surface area contributed by atoms with Gasteiger partial charge >= 0.3 is 0 Å². The number of nitrogens with zero attached hydrogens (tertiary/aromatic N) is 1. The lowest BCUT2D eigenvalue weighted by Crippen LogP contribution is -2.39. The Hall–Kier alpha value is -3.23. The summed E-state index contributed by atoms with van der Waals surface area (Å²) in [5.41, 5.74) is 4.14. The van der Waals surface area contributed by atoms with Crippen LogP contribution in [0.3, 0.4) is 0 Å². The molecule has 33 heavy (non-hydrogen) atoms. The maximum atomic E-state index is 13.0. The van der Waals surface area contributed by atoms with Gasteiger partial charge in [-0.1, -0.05) is 17.7 Å². The van der Waals surface area contributed by atoms with Crippen molar-refractivity contribution < 1.29 is 19.0 Å². The quantitative estimate of drug-likeness (QED) is 0.446. The Balaban J connectivity index is 1.85. The van der Waals surface area contributed by atoms with Crippen LogP contribution in [0.4, 0.5) is 11.4 Å². The fourth-order valence-corrected chi connectivity index (χ4v) is 4.11. The number of anilines is 2. The first-order valence-electron chi connectivity index (χ1n) is 10.7. The lowest BCUT2D eigenvalue weighted by molar-refractivity contribution is 0.0717. The number of aromatic amines is 1. The third kappa shape index (κ3) is 4.62. The number of halogens is 1. The zero-order valence-electron chi connectivity index (χ0n) is 19.0. The average Bonchev–Trinajstić information content (AvgIpc) is 3.15. The van der Waals surface area contributed by atoms with Crippen LogP contribution in [0.2, 0.25) is 5.02 Å². The molecule has 0 radical (unpaired) electrons. The Kier molecular flexibility index (Phi) is 6.76. The van der Waals surface area contributed by atoms with Crippen LogP contribution in [0.1, 0.15) is 29.9 Å². The van der Waals surface area contributed by atoms with Gasteiger partial charge in [0.05, 0.1) is 47.1 Å². The molecular weight excluding hydrogens is 444 g/mol. The van der Waals surface area contributed by atoms with Crippen molar-refractivity contribution in [2.24, 2.45) is 0 Å². The van der Waals surface area contributed by atoms with Crippen LogP contribution in [0.15, 0.2) is 36.7 Å². The summed E-state index contributed by atoms with van der Waals surface area (Å²) in [6, 6.07) is 7.29. The van der Waals surface area contributed by atoms with Gasteiger partial charge in [-0.25, -0.2) is 0 Å². The van der Waals surface area contributed by atoms with Crippen LogP contribution >= 0.6 is 11.6 Å². The maximum Gasteiger partial charge on any atom is 0.255 e. The van der Waals surface area contributed by atoms with E-state index in [1.165, 1.54) is 0 Å². The highest BCUT2D eigenvalue weighted by Gasteiger charge is 2.31. The van der Waals surface area contributed by atoms with Crippen molar-refractivity contribution in [3.05, 3.63) is 52.9 Å². The van der Waals surface area contributed by atoms with E-state index in [1.807, 2.05) is 32.0 Å². The number of methoxy groups -OCH3 is 2. The minimum absolute atomic E-state index is 0.0146. The summed E-state index contributed by atoms with van der Waals surface area (Å²) >= 11 is 6.34. The summed E-state index contributed by atoms with van der Waals surface area (Å²) in [6.45, 7) is 4.26. The second-order valence-corrected chi connectivity index (χ2v) is 8.39. The van der Waals surface area contributed by atoms with Gasteiger partial charge in [-0.15, -0.1) is 0 Å². The fraction of sp³-hybridized carbons (Fsp3) is 0.333. The molecule has 8 nitrogen and oxygen atoms in total. The van der Waals surface area contributed by atoms with Crippen LogP contribution in [-0.2, 0) is 11.2 Å². The molecule has 3 N–H and O–H groups in total. The van der Waals surface area contributed by atoms with Crippen molar-refractivity contribution in [3.8, 4) is 22.8 Å². The van der Waals surface area contributed by atoms with Crippen LogP contribution in [0, 0.1) is 0 Å². The molecule has 0 saturated carbocycles. The lowest BCUT2D eigenvalue weighted by Gasteiger charge is -2.21. The molecule has 1 amide bonds. The molecule has 0 fully saturated rings. The summed E-state index contributed by atoms with van der Waals surface area (Å²) in [7, 11) is 3.19. The maximum absolute atomic E-state index is 13.0. The van der Waals surface area contributed by atoms with Crippen molar-refractivity contribution in [1.82, 2.24) is 15.3 Å². The summed E-state index contributed by atoms with van der Waals surface area (Å²) in [6.07, 6.45) is 3.93. The van der Waals surface area contributed by atoms with Gasteiger partial charge in [-0.3, -0.25) is 9.78 Å². The molecule has 174 valence electrons. The summed E-state index contributed by atoms with van der Waals surface area (Å²) in [5, 5.41) is 6.86. The number of para-hydroxylation sites is 1. The number of carbonyl (C=O) groups is 1. The lowest BCUT2D eigenvalue weighted by atomic mass is 10.0. The van der Waals surface area contributed by atoms with Gasteiger partial charge in [-0.2, -0.15) is 0 Å². The Morgan fingerprint density at radius 1 is 1.30 bits per heavy atom. The average molecular weight is 471 g/mol. The standard InChI is InChI=1S/C24H27ClN4O4/c1-13-10-18-20(24(30)27-13)22(28-17-7-5-6-16(25)23(17)32-4)21(29-18)15-8-9-26-11-19(15)33-12-14(2)31-3/h5-9,11,13-14,28-29H,10,12H2,1-4H3,(H,27,30). The van der Waals surface area contributed by atoms with Gasteiger partial charge < -0.3 is 29.8 Å². The van der Waals surface area contributed by atoms with Crippen molar-refractivity contribution in [2.45, 2.75) is 32.4 Å². The number of hydrogen-bond acceptors (Lipinski definition) is 6. The number of carbonyl (C=O) groups excluding carboxylic acids is 1. The van der Waals surface area contributed by atoms with E-state index < -0.39 is 0 Å². The second kappa shape index (κ2) is 9.72. The zero-order valence-corrected chi connectivity index (χ0v) is 19.7. The second-order valence-electron chi connectivity index (χ2n) is 7.98. The van der Waals surface area contributed by atoms with Crippen LogP contribution in [-0.4, -0.2) is 48.8 Å². The Morgan fingerprint density at radius 2 is 2.12 bits per heavy atom.